The minimum atomic E-state index is -0.522. The topological polar surface area (TPSA) is 41.0 Å². The van der Waals surface area contributed by atoms with Gasteiger partial charge < -0.3 is 5.32 Å². The molecule has 0 saturated carbocycles. The normalized spacial score (nSPS) is 12.4. The fraction of sp³-hybridized carbons (Fsp3) is 0.375. The second-order valence-corrected chi connectivity index (χ2v) is 4.75. The summed E-state index contributed by atoms with van der Waals surface area (Å²) >= 11 is 0. The number of nitrogens with one attached hydrogen (secondary N) is 1. The van der Waals surface area contributed by atoms with Gasteiger partial charge in [-0.05, 0) is 18.7 Å². The summed E-state index contributed by atoms with van der Waals surface area (Å²) in [5.41, 5.74) is 1.24. The van der Waals surface area contributed by atoms with Crippen molar-refractivity contribution in [3.63, 3.8) is 0 Å². The number of rotatable bonds is 7. The molecule has 0 bridgehead atoms. The van der Waals surface area contributed by atoms with E-state index in [9.17, 15) is 4.39 Å². The Morgan fingerprint density at radius 1 is 1.14 bits per heavy atom. The van der Waals surface area contributed by atoms with Crippen LogP contribution in [0.4, 0.5) is 10.2 Å². The molecule has 0 radical (unpaired) electrons. The Balaban J connectivity index is 2.13. The van der Waals surface area contributed by atoms with E-state index >= 15 is 0 Å². The quantitative estimate of drug-likeness (QED) is 0.795. The van der Waals surface area contributed by atoms with Gasteiger partial charge in [0.25, 0.3) is 0 Å². The molecule has 0 aliphatic heterocycles. The van der Waals surface area contributed by atoms with Crippen LogP contribution in [0.2, 0.25) is 0 Å². The molecule has 0 aliphatic rings. The number of anilines is 1. The van der Waals surface area contributed by atoms with Gasteiger partial charge in [0.1, 0.15) is 12.1 Å². The van der Waals surface area contributed by atoms with Crippen molar-refractivity contribution < 1.29 is 4.39 Å². The molecule has 1 aromatic heterocycles. The average Bonchev–Trinajstić information content (AvgIpc) is 2.52. The number of hydrogen-bond donors (Lipinski definition) is 1. The zero-order valence-corrected chi connectivity index (χ0v) is 12.5. The minimum Gasteiger partial charge on any atom is -0.368 e. The van der Waals surface area contributed by atoms with Gasteiger partial charge in [-0.3, -0.25) is 4.90 Å². The lowest BCUT2D eigenvalue weighted by atomic mass is 10.1. The highest BCUT2D eigenvalue weighted by Gasteiger charge is 2.17. The Hall–Kier alpha value is -2.01. The maximum atomic E-state index is 13.1. The molecule has 2 aromatic rings. The maximum Gasteiger partial charge on any atom is 0.217 e. The zero-order chi connectivity index (χ0) is 15.1. The summed E-state index contributed by atoms with van der Waals surface area (Å²) in [5, 5.41) is 3.20. The van der Waals surface area contributed by atoms with Gasteiger partial charge in [0, 0.05) is 12.6 Å². The number of aromatic nitrogens is 2. The third-order valence-electron chi connectivity index (χ3n) is 3.55. The summed E-state index contributed by atoms with van der Waals surface area (Å²) in [6.45, 7) is 6.86. The Bertz CT molecular complexity index is 543. The van der Waals surface area contributed by atoms with E-state index in [1.807, 2.05) is 18.2 Å². The van der Waals surface area contributed by atoms with Crippen LogP contribution in [0.3, 0.4) is 0 Å². The molecule has 0 spiro atoms. The summed E-state index contributed by atoms with van der Waals surface area (Å²) in [6, 6.07) is 11.8. The van der Waals surface area contributed by atoms with Gasteiger partial charge in [-0.15, -0.1) is 0 Å². The SMILES string of the molecule is CCN(CC)C(CNc1cc(F)ncn1)c1ccccc1. The third-order valence-corrected chi connectivity index (χ3v) is 3.55. The summed E-state index contributed by atoms with van der Waals surface area (Å²) in [6.07, 6.45) is 1.23. The van der Waals surface area contributed by atoms with Crippen LogP contribution in [0.5, 0.6) is 0 Å². The highest BCUT2D eigenvalue weighted by atomic mass is 19.1. The van der Waals surface area contributed by atoms with Gasteiger partial charge in [0.2, 0.25) is 5.95 Å². The highest BCUT2D eigenvalue weighted by molar-refractivity contribution is 5.33. The molecule has 1 aromatic carbocycles. The van der Waals surface area contributed by atoms with Crippen molar-refractivity contribution in [3.05, 3.63) is 54.2 Å². The lowest BCUT2D eigenvalue weighted by molar-refractivity contribution is 0.228. The van der Waals surface area contributed by atoms with E-state index in [1.165, 1.54) is 18.0 Å². The van der Waals surface area contributed by atoms with Crippen LogP contribution in [0.15, 0.2) is 42.7 Å². The second kappa shape index (κ2) is 7.69. The molecule has 2 rings (SSSR count). The molecule has 1 heterocycles. The van der Waals surface area contributed by atoms with E-state index in [1.54, 1.807) is 0 Å². The molecule has 112 valence electrons. The van der Waals surface area contributed by atoms with Crippen molar-refractivity contribution in [3.8, 4) is 0 Å². The van der Waals surface area contributed by atoms with E-state index in [0.717, 1.165) is 13.1 Å². The molecule has 1 unspecified atom stereocenters. The molecule has 0 fully saturated rings. The Kier molecular flexibility index (Phi) is 5.63. The van der Waals surface area contributed by atoms with Gasteiger partial charge in [0.05, 0.1) is 6.04 Å². The van der Waals surface area contributed by atoms with E-state index < -0.39 is 5.95 Å². The van der Waals surface area contributed by atoms with Crippen LogP contribution < -0.4 is 5.32 Å². The standard InChI is InChI=1S/C16H21FN4/c1-3-21(4-2)14(13-8-6-5-7-9-13)11-18-16-10-15(17)19-12-20-16/h5-10,12,14H,3-4,11H2,1-2H3,(H,18,19,20). The van der Waals surface area contributed by atoms with E-state index in [4.69, 9.17) is 0 Å². The van der Waals surface area contributed by atoms with Crippen molar-refractivity contribution in [2.45, 2.75) is 19.9 Å². The van der Waals surface area contributed by atoms with Crippen molar-refractivity contribution in [1.29, 1.82) is 0 Å². The first kappa shape index (κ1) is 15.4. The number of hydrogen-bond acceptors (Lipinski definition) is 4. The van der Waals surface area contributed by atoms with Crippen molar-refractivity contribution in [2.24, 2.45) is 0 Å². The molecule has 1 N–H and O–H groups in total. The molecular weight excluding hydrogens is 267 g/mol. The summed E-state index contributed by atoms with van der Waals surface area (Å²) in [5.74, 6) is -0.0119. The van der Waals surface area contributed by atoms with Gasteiger partial charge >= 0.3 is 0 Å². The monoisotopic (exact) mass is 288 g/mol. The van der Waals surface area contributed by atoms with Gasteiger partial charge in [-0.25, -0.2) is 9.97 Å². The first-order valence-electron chi connectivity index (χ1n) is 7.25. The molecule has 5 heteroatoms. The largest absolute Gasteiger partial charge is 0.368 e. The summed E-state index contributed by atoms with van der Waals surface area (Å²) in [7, 11) is 0. The van der Waals surface area contributed by atoms with Crippen LogP contribution in [0.25, 0.3) is 0 Å². The molecule has 0 saturated heterocycles. The van der Waals surface area contributed by atoms with E-state index in [-0.39, 0.29) is 6.04 Å². The van der Waals surface area contributed by atoms with Gasteiger partial charge in [-0.2, -0.15) is 4.39 Å². The van der Waals surface area contributed by atoms with Crippen LogP contribution in [-0.4, -0.2) is 34.5 Å². The smallest absolute Gasteiger partial charge is 0.217 e. The predicted octanol–water partition coefficient (Wildman–Crippen LogP) is 3.11. The van der Waals surface area contributed by atoms with Crippen LogP contribution in [0.1, 0.15) is 25.5 Å². The van der Waals surface area contributed by atoms with Crippen LogP contribution in [-0.2, 0) is 0 Å². The molecule has 1 atom stereocenters. The van der Waals surface area contributed by atoms with E-state index in [2.05, 4.69) is 46.2 Å². The summed E-state index contributed by atoms with van der Waals surface area (Å²) in [4.78, 5) is 9.86. The number of likely N-dealkylation sites (N-methyl/N-ethyl adjacent to an activating group) is 1. The second-order valence-electron chi connectivity index (χ2n) is 4.75. The summed E-state index contributed by atoms with van der Waals surface area (Å²) < 4.78 is 13.1. The van der Waals surface area contributed by atoms with Crippen LogP contribution >= 0.6 is 0 Å². The number of benzene rings is 1. The minimum absolute atomic E-state index is 0.222. The molecule has 21 heavy (non-hydrogen) atoms. The molecular formula is C16H21FN4. The fourth-order valence-electron chi connectivity index (χ4n) is 2.43. The first-order chi connectivity index (χ1) is 10.2. The zero-order valence-electron chi connectivity index (χ0n) is 12.5. The van der Waals surface area contributed by atoms with Gasteiger partial charge in [0.15, 0.2) is 0 Å². The molecule has 0 amide bonds. The van der Waals surface area contributed by atoms with Crippen molar-refractivity contribution in [1.82, 2.24) is 14.9 Å². The Morgan fingerprint density at radius 2 is 1.86 bits per heavy atom. The van der Waals surface area contributed by atoms with Crippen molar-refractivity contribution >= 4 is 5.82 Å². The molecule has 0 aliphatic carbocycles. The maximum absolute atomic E-state index is 13.1. The van der Waals surface area contributed by atoms with E-state index in [0.29, 0.717) is 12.4 Å². The van der Waals surface area contributed by atoms with Crippen molar-refractivity contribution in [2.75, 3.05) is 25.0 Å². The highest BCUT2D eigenvalue weighted by Crippen LogP contribution is 2.20. The number of halogens is 1. The lowest BCUT2D eigenvalue weighted by Gasteiger charge is -2.30. The van der Waals surface area contributed by atoms with Crippen LogP contribution in [0, 0.1) is 5.95 Å². The fourth-order valence-corrected chi connectivity index (χ4v) is 2.43. The Labute approximate surface area is 125 Å². The predicted molar refractivity (Wildman–Crippen MR) is 82.6 cm³/mol. The van der Waals surface area contributed by atoms with Gasteiger partial charge in [-0.1, -0.05) is 44.2 Å². The third kappa shape index (κ3) is 4.23. The first-order valence-corrected chi connectivity index (χ1v) is 7.25. The molecule has 4 nitrogen and oxygen atoms in total. The number of nitrogens with zero attached hydrogens (tertiary/aromatic N) is 3. The Morgan fingerprint density at radius 3 is 2.48 bits per heavy atom. The lowest BCUT2D eigenvalue weighted by Crippen LogP contribution is -2.33. The average molecular weight is 288 g/mol.